The summed E-state index contributed by atoms with van der Waals surface area (Å²) in [5.41, 5.74) is 0.665. The van der Waals surface area contributed by atoms with Crippen molar-refractivity contribution in [3.63, 3.8) is 0 Å². The highest BCUT2D eigenvalue weighted by atomic mass is 35.5. The second-order valence-electron chi connectivity index (χ2n) is 7.01. The molecule has 1 unspecified atom stereocenters. The quantitative estimate of drug-likeness (QED) is 0.663. The Morgan fingerprint density at radius 2 is 1.96 bits per heavy atom. The molecule has 1 aliphatic rings. The molecule has 3 aromatic rings. The summed E-state index contributed by atoms with van der Waals surface area (Å²) in [5.74, 6) is -0.187. The Balaban J connectivity index is 1.76. The molecule has 1 saturated heterocycles. The van der Waals surface area contributed by atoms with E-state index in [4.69, 9.17) is 11.6 Å². The molecule has 1 atom stereocenters. The van der Waals surface area contributed by atoms with Gasteiger partial charge in [-0.1, -0.05) is 23.7 Å². The highest BCUT2D eigenvalue weighted by Crippen LogP contribution is 2.34. The average Bonchev–Trinajstić information content (AvgIpc) is 3.19. The fourth-order valence-electron chi connectivity index (χ4n) is 3.82. The van der Waals surface area contributed by atoms with Gasteiger partial charge in [-0.2, -0.15) is 0 Å². The largest absolute Gasteiger partial charge is 0.332 e. The highest BCUT2D eigenvalue weighted by molar-refractivity contribution is 6.30. The van der Waals surface area contributed by atoms with Crippen molar-refractivity contribution in [2.24, 2.45) is 14.1 Å². The van der Waals surface area contributed by atoms with Gasteiger partial charge in [-0.15, -0.1) is 0 Å². The van der Waals surface area contributed by atoms with Crippen LogP contribution in [0.3, 0.4) is 0 Å². The third-order valence-corrected chi connectivity index (χ3v) is 5.52. The van der Waals surface area contributed by atoms with Crippen LogP contribution >= 0.6 is 11.6 Å². The van der Waals surface area contributed by atoms with Gasteiger partial charge in [0.1, 0.15) is 5.65 Å². The van der Waals surface area contributed by atoms with Gasteiger partial charge >= 0.3 is 5.69 Å². The molecule has 3 heterocycles. The molecule has 0 bridgehead atoms. The number of benzene rings is 1. The van der Waals surface area contributed by atoms with Crippen LogP contribution in [0.2, 0.25) is 5.02 Å². The smallest absolute Gasteiger partial charge is 0.332 e. The molecule has 0 aliphatic carbocycles. The van der Waals surface area contributed by atoms with E-state index in [-0.39, 0.29) is 23.0 Å². The molecular weight excluding hydrogens is 380 g/mol. The lowest BCUT2D eigenvalue weighted by molar-refractivity contribution is 0.0735. The van der Waals surface area contributed by atoms with Crippen LogP contribution in [-0.4, -0.2) is 31.5 Å². The summed E-state index contributed by atoms with van der Waals surface area (Å²) >= 11 is 6.11. The number of aromatic nitrogens is 3. The van der Waals surface area contributed by atoms with Crippen molar-refractivity contribution in [3.05, 3.63) is 73.5 Å². The summed E-state index contributed by atoms with van der Waals surface area (Å²) in [6, 6.07) is 8.98. The summed E-state index contributed by atoms with van der Waals surface area (Å²) < 4.78 is 2.32. The number of rotatable bonds is 2. The topological polar surface area (TPSA) is 77.2 Å². The lowest BCUT2D eigenvalue weighted by Gasteiger charge is -2.25. The van der Waals surface area contributed by atoms with E-state index in [1.54, 1.807) is 18.0 Å². The molecule has 2 aromatic heterocycles. The van der Waals surface area contributed by atoms with Gasteiger partial charge in [0.2, 0.25) is 0 Å². The maximum atomic E-state index is 13.2. The summed E-state index contributed by atoms with van der Waals surface area (Å²) in [4.78, 5) is 43.8. The molecule has 0 radical (unpaired) electrons. The van der Waals surface area contributed by atoms with Crippen molar-refractivity contribution in [3.8, 4) is 0 Å². The number of amides is 1. The van der Waals surface area contributed by atoms with E-state index < -0.39 is 11.2 Å². The first-order chi connectivity index (χ1) is 13.4. The number of aryl methyl sites for hydroxylation is 1. The van der Waals surface area contributed by atoms with Crippen molar-refractivity contribution >= 4 is 28.5 Å². The zero-order valence-electron chi connectivity index (χ0n) is 15.6. The minimum absolute atomic E-state index is 0.0649. The third-order valence-electron chi connectivity index (χ3n) is 5.29. The molecule has 4 rings (SSSR count). The molecule has 8 heteroatoms. The molecule has 1 aromatic carbocycles. The molecule has 7 nitrogen and oxygen atoms in total. The summed E-state index contributed by atoms with van der Waals surface area (Å²) in [6.45, 7) is 0.624. The Morgan fingerprint density at radius 1 is 1.18 bits per heavy atom. The molecule has 0 saturated carbocycles. The zero-order valence-corrected chi connectivity index (χ0v) is 16.3. The molecule has 1 aliphatic heterocycles. The molecular formula is C20H19ClN4O3. The number of nitrogens with zero attached hydrogens (tertiary/aromatic N) is 4. The Labute approximate surface area is 165 Å². The van der Waals surface area contributed by atoms with E-state index in [0.717, 1.165) is 23.0 Å². The lowest BCUT2D eigenvalue weighted by atomic mass is 10.0. The first-order valence-corrected chi connectivity index (χ1v) is 9.38. The van der Waals surface area contributed by atoms with Crippen LogP contribution in [0.15, 0.2) is 46.1 Å². The molecule has 0 spiro atoms. The minimum Gasteiger partial charge on any atom is -0.332 e. The fourth-order valence-corrected chi connectivity index (χ4v) is 4.02. The summed E-state index contributed by atoms with van der Waals surface area (Å²) in [5, 5.41) is 0.877. The van der Waals surface area contributed by atoms with Crippen molar-refractivity contribution in [2.45, 2.75) is 18.9 Å². The number of hydrogen-bond donors (Lipinski definition) is 0. The fraction of sp³-hybridized carbons (Fsp3) is 0.300. The lowest BCUT2D eigenvalue weighted by Crippen LogP contribution is -2.37. The normalized spacial score (nSPS) is 16.7. The maximum absolute atomic E-state index is 13.2. The molecule has 28 heavy (non-hydrogen) atoms. The second-order valence-corrected chi connectivity index (χ2v) is 7.45. The molecule has 144 valence electrons. The Bertz CT molecular complexity index is 1210. The van der Waals surface area contributed by atoms with E-state index >= 15 is 0 Å². The number of carbonyl (C=O) groups is 1. The Hall–Kier alpha value is -2.93. The van der Waals surface area contributed by atoms with Gasteiger partial charge in [0, 0.05) is 31.9 Å². The monoisotopic (exact) mass is 398 g/mol. The first-order valence-electron chi connectivity index (χ1n) is 9.00. The number of pyridine rings is 1. The SMILES string of the molecule is Cn1c(=O)c2cc(C(=O)N3CCCC3c3cccc(Cl)c3)cnc2n(C)c1=O. The summed E-state index contributed by atoms with van der Waals surface area (Å²) in [7, 11) is 2.96. The number of hydrogen-bond acceptors (Lipinski definition) is 4. The van der Waals surface area contributed by atoms with Crippen LogP contribution in [0.1, 0.15) is 34.8 Å². The third kappa shape index (κ3) is 2.92. The van der Waals surface area contributed by atoms with Crippen LogP contribution in [-0.2, 0) is 14.1 Å². The molecule has 1 amide bonds. The van der Waals surface area contributed by atoms with Crippen LogP contribution in [0.5, 0.6) is 0 Å². The van der Waals surface area contributed by atoms with Crippen LogP contribution in [0.25, 0.3) is 11.0 Å². The van der Waals surface area contributed by atoms with Gasteiger partial charge in [0.05, 0.1) is 17.0 Å². The van der Waals surface area contributed by atoms with Gasteiger partial charge in [-0.05, 0) is 36.6 Å². The number of carbonyl (C=O) groups excluding carboxylic acids is 1. The number of halogens is 1. The highest BCUT2D eigenvalue weighted by Gasteiger charge is 2.31. The van der Waals surface area contributed by atoms with E-state index in [1.807, 2.05) is 18.2 Å². The minimum atomic E-state index is -0.465. The predicted octanol–water partition coefficient (Wildman–Crippen LogP) is 2.26. The Morgan fingerprint density at radius 3 is 2.71 bits per heavy atom. The average molecular weight is 399 g/mol. The zero-order chi connectivity index (χ0) is 20.0. The first kappa shape index (κ1) is 18.4. The Kier molecular flexibility index (Phi) is 4.55. The maximum Gasteiger partial charge on any atom is 0.332 e. The van der Waals surface area contributed by atoms with Crippen LogP contribution in [0, 0.1) is 0 Å². The van der Waals surface area contributed by atoms with E-state index in [0.29, 0.717) is 17.1 Å². The van der Waals surface area contributed by atoms with Gasteiger partial charge in [0.25, 0.3) is 11.5 Å². The van der Waals surface area contributed by atoms with Crippen LogP contribution in [0.4, 0.5) is 0 Å². The molecule has 1 fully saturated rings. The van der Waals surface area contributed by atoms with Gasteiger partial charge in [-0.25, -0.2) is 9.78 Å². The van der Waals surface area contributed by atoms with Crippen molar-refractivity contribution < 1.29 is 4.79 Å². The summed E-state index contributed by atoms with van der Waals surface area (Å²) in [6.07, 6.45) is 3.17. The van der Waals surface area contributed by atoms with E-state index in [9.17, 15) is 14.4 Å². The standard InChI is InChI=1S/C20H19ClN4O3/c1-23-17-15(19(27)24(2)20(23)28)10-13(11-22-17)18(26)25-8-4-7-16(25)12-5-3-6-14(21)9-12/h3,5-6,9-11,16H,4,7-8H2,1-2H3. The second kappa shape index (κ2) is 6.91. The van der Waals surface area contributed by atoms with E-state index in [1.165, 1.54) is 23.9 Å². The van der Waals surface area contributed by atoms with Crippen molar-refractivity contribution in [2.75, 3.05) is 6.54 Å². The number of fused-ring (bicyclic) bond motifs is 1. The van der Waals surface area contributed by atoms with Gasteiger partial charge in [-0.3, -0.25) is 18.7 Å². The van der Waals surface area contributed by atoms with Crippen molar-refractivity contribution in [1.82, 2.24) is 19.0 Å². The molecule has 0 N–H and O–H groups in total. The van der Waals surface area contributed by atoms with Gasteiger partial charge in [0.15, 0.2) is 0 Å². The van der Waals surface area contributed by atoms with E-state index in [2.05, 4.69) is 4.98 Å². The van der Waals surface area contributed by atoms with Crippen molar-refractivity contribution in [1.29, 1.82) is 0 Å². The van der Waals surface area contributed by atoms with Gasteiger partial charge < -0.3 is 4.90 Å². The van der Waals surface area contributed by atoms with Crippen LogP contribution < -0.4 is 11.2 Å². The number of likely N-dealkylation sites (tertiary alicyclic amines) is 1. The predicted molar refractivity (Wildman–Crippen MR) is 107 cm³/mol.